The van der Waals surface area contributed by atoms with Gasteiger partial charge in [-0.15, -0.1) is 0 Å². The average molecular weight is 434 g/mol. The van der Waals surface area contributed by atoms with E-state index in [4.69, 9.17) is 9.51 Å². The van der Waals surface area contributed by atoms with Crippen molar-refractivity contribution >= 4 is 6.03 Å². The second-order valence-corrected chi connectivity index (χ2v) is 9.82. The van der Waals surface area contributed by atoms with E-state index in [0.717, 1.165) is 37.9 Å². The lowest BCUT2D eigenvalue weighted by Gasteiger charge is -2.40. The standard InChI is InChI=1S/C25H31N5O2/c1-16-3-4-20(11-17(16)2)21-12-22(24-27-23(28-32-24)19-5-6-19)15-30(14-21)25(31)29-9-7-18(13-26)8-10-29/h3-4,11,18-19,21-22H,5-10,12,14-15H2,1-2H3. The molecule has 1 aliphatic carbocycles. The molecule has 5 rings (SSSR count). The first kappa shape index (κ1) is 21.0. The smallest absolute Gasteiger partial charge is 0.320 e. The summed E-state index contributed by atoms with van der Waals surface area (Å²) >= 11 is 0. The third-order valence-corrected chi connectivity index (χ3v) is 7.42. The summed E-state index contributed by atoms with van der Waals surface area (Å²) in [6.07, 6.45) is 4.69. The molecule has 2 unspecified atom stereocenters. The fourth-order valence-corrected chi connectivity index (χ4v) is 5.01. The van der Waals surface area contributed by atoms with Crippen LogP contribution in [0.25, 0.3) is 0 Å². The largest absolute Gasteiger partial charge is 0.339 e. The van der Waals surface area contributed by atoms with Crippen LogP contribution >= 0.6 is 0 Å². The number of piperidine rings is 2. The van der Waals surface area contributed by atoms with E-state index < -0.39 is 0 Å². The normalized spacial score (nSPS) is 24.4. The molecule has 7 heteroatoms. The third kappa shape index (κ3) is 4.23. The van der Waals surface area contributed by atoms with Crippen molar-refractivity contribution in [2.45, 2.75) is 63.7 Å². The summed E-state index contributed by atoms with van der Waals surface area (Å²) in [6, 6.07) is 9.04. The molecule has 32 heavy (non-hydrogen) atoms. The predicted molar refractivity (Wildman–Crippen MR) is 119 cm³/mol. The van der Waals surface area contributed by atoms with E-state index in [0.29, 0.717) is 38.0 Å². The van der Waals surface area contributed by atoms with Gasteiger partial charge in [0.15, 0.2) is 5.82 Å². The molecule has 0 bridgehead atoms. The van der Waals surface area contributed by atoms with Gasteiger partial charge in [-0.3, -0.25) is 0 Å². The zero-order chi connectivity index (χ0) is 22.2. The van der Waals surface area contributed by atoms with Crippen LogP contribution in [0.3, 0.4) is 0 Å². The highest BCUT2D eigenvalue weighted by atomic mass is 16.5. The van der Waals surface area contributed by atoms with Gasteiger partial charge in [0.1, 0.15) is 0 Å². The Balaban J connectivity index is 1.38. The summed E-state index contributed by atoms with van der Waals surface area (Å²) in [6.45, 7) is 6.87. The van der Waals surface area contributed by atoms with Gasteiger partial charge in [-0.25, -0.2) is 4.79 Å². The Morgan fingerprint density at radius 3 is 2.47 bits per heavy atom. The lowest BCUT2D eigenvalue weighted by atomic mass is 9.83. The lowest BCUT2D eigenvalue weighted by molar-refractivity contribution is 0.116. The Morgan fingerprint density at radius 1 is 1.03 bits per heavy atom. The lowest BCUT2D eigenvalue weighted by Crippen LogP contribution is -2.51. The Hall–Kier alpha value is -2.88. The molecule has 0 N–H and O–H groups in total. The Bertz CT molecular complexity index is 1030. The molecule has 7 nitrogen and oxygen atoms in total. The first-order valence-electron chi connectivity index (χ1n) is 11.9. The van der Waals surface area contributed by atoms with Crippen LogP contribution in [0.5, 0.6) is 0 Å². The minimum Gasteiger partial charge on any atom is -0.339 e. The zero-order valence-corrected chi connectivity index (χ0v) is 19.0. The second kappa shape index (κ2) is 8.57. The van der Waals surface area contributed by atoms with Crippen LogP contribution in [0.2, 0.25) is 0 Å². The molecule has 0 radical (unpaired) electrons. The Kier molecular flexibility index (Phi) is 5.62. The number of aryl methyl sites for hydroxylation is 2. The molecule has 1 aromatic heterocycles. The maximum atomic E-state index is 13.4. The summed E-state index contributed by atoms with van der Waals surface area (Å²) in [5, 5.41) is 13.4. The summed E-state index contributed by atoms with van der Waals surface area (Å²) < 4.78 is 5.69. The number of rotatable bonds is 3. The number of carbonyl (C=O) groups excluding carboxylic acids is 1. The highest BCUT2D eigenvalue weighted by molar-refractivity contribution is 5.75. The van der Waals surface area contributed by atoms with E-state index in [2.05, 4.69) is 43.3 Å². The molecule has 1 aromatic carbocycles. The molecule has 2 saturated heterocycles. The number of nitriles is 1. The van der Waals surface area contributed by atoms with Gasteiger partial charge >= 0.3 is 6.03 Å². The van der Waals surface area contributed by atoms with Crippen molar-refractivity contribution in [2.24, 2.45) is 5.92 Å². The van der Waals surface area contributed by atoms with Gasteiger partial charge in [0.2, 0.25) is 5.89 Å². The Morgan fingerprint density at radius 2 is 1.78 bits per heavy atom. The highest BCUT2D eigenvalue weighted by Gasteiger charge is 2.38. The van der Waals surface area contributed by atoms with E-state index in [9.17, 15) is 10.1 Å². The van der Waals surface area contributed by atoms with E-state index in [1.807, 2.05) is 9.80 Å². The second-order valence-electron chi connectivity index (χ2n) is 9.82. The van der Waals surface area contributed by atoms with E-state index >= 15 is 0 Å². The maximum absolute atomic E-state index is 13.4. The number of amides is 2. The van der Waals surface area contributed by atoms with Crippen LogP contribution in [0.4, 0.5) is 4.79 Å². The van der Waals surface area contributed by atoms with E-state index in [1.54, 1.807) is 0 Å². The molecular formula is C25H31N5O2. The number of carbonyl (C=O) groups is 1. The van der Waals surface area contributed by atoms with E-state index in [-0.39, 0.29) is 23.8 Å². The van der Waals surface area contributed by atoms with Crippen LogP contribution in [-0.4, -0.2) is 52.2 Å². The van der Waals surface area contributed by atoms with Gasteiger partial charge < -0.3 is 14.3 Å². The fourth-order valence-electron chi connectivity index (χ4n) is 5.01. The van der Waals surface area contributed by atoms with Crippen LogP contribution in [0, 0.1) is 31.1 Å². The maximum Gasteiger partial charge on any atom is 0.320 e. The topological polar surface area (TPSA) is 86.3 Å². The van der Waals surface area contributed by atoms with Gasteiger partial charge in [-0.2, -0.15) is 10.2 Å². The number of hydrogen-bond acceptors (Lipinski definition) is 5. The number of aromatic nitrogens is 2. The molecule has 2 atom stereocenters. The molecule has 2 aromatic rings. The number of hydrogen-bond donors (Lipinski definition) is 0. The summed E-state index contributed by atoms with van der Waals surface area (Å²) in [4.78, 5) is 22.1. The highest BCUT2D eigenvalue weighted by Crippen LogP contribution is 2.40. The number of urea groups is 1. The third-order valence-electron chi connectivity index (χ3n) is 7.42. The van der Waals surface area contributed by atoms with Crippen molar-refractivity contribution in [1.29, 1.82) is 5.26 Å². The molecule has 2 aliphatic heterocycles. The first-order valence-corrected chi connectivity index (χ1v) is 11.9. The fraction of sp³-hybridized carbons (Fsp3) is 0.600. The summed E-state index contributed by atoms with van der Waals surface area (Å²) in [5.41, 5.74) is 3.82. The molecule has 3 heterocycles. The molecule has 3 fully saturated rings. The molecule has 1 saturated carbocycles. The van der Waals surface area contributed by atoms with Crippen LogP contribution in [-0.2, 0) is 0 Å². The predicted octanol–water partition coefficient (Wildman–Crippen LogP) is 4.49. The van der Waals surface area contributed by atoms with Crippen molar-refractivity contribution < 1.29 is 9.32 Å². The Labute approximate surface area is 189 Å². The van der Waals surface area contributed by atoms with Crippen LogP contribution in [0.1, 0.15) is 78.3 Å². The average Bonchev–Trinajstić information content (AvgIpc) is 3.56. The minimum absolute atomic E-state index is 0.0379. The SMILES string of the molecule is Cc1ccc(C2CC(c3nc(C4CC4)no3)CN(C(=O)N3CCC(C#N)CC3)C2)cc1C. The molecule has 0 spiro atoms. The summed E-state index contributed by atoms with van der Waals surface area (Å²) in [7, 11) is 0. The first-order chi connectivity index (χ1) is 15.5. The monoisotopic (exact) mass is 433 g/mol. The summed E-state index contributed by atoms with van der Waals surface area (Å²) in [5.74, 6) is 2.27. The molecule has 2 amide bonds. The molecule has 168 valence electrons. The number of likely N-dealkylation sites (tertiary alicyclic amines) is 2. The van der Waals surface area contributed by atoms with Crippen molar-refractivity contribution in [1.82, 2.24) is 19.9 Å². The number of benzene rings is 1. The quantitative estimate of drug-likeness (QED) is 0.712. The van der Waals surface area contributed by atoms with E-state index in [1.165, 1.54) is 16.7 Å². The van der Waals surface area contributed by atoms with Gasteiger partial charge in [0, 0.05) is 43.9 Å². The van der Waals surface area contributed by atoms with Crippen LogP contribution in [0.15, 0.2) is 22.7 Å². The van der Waals surface area contributed by atoms with Gasteiger partial charge in [0.25, 0.3) is 0 Å². The van der Waals surface area contributed by atoms with Gasteiger partial charge in [0.05, 0.1) is 12.0 Å². The van der Waals surface area contributed by atoms with Crippen LogP contribution < -0.4 is 0 Å². The molecule has 3 aliphatic rings. The number of nitrogens with zero attached hydrogens (tertiary/aromatic N) is 5. The van der Waals surface area contributed by atoms with Crippen molar-refractivity contribution in [3.8, 4) is 6.07 Å². The zero-order valence-electron chi connectivity index (χ0n) is 19.0. The van der Waals surface area contributed by atoms with Crippen molar-refractivity contribution in [3.05, 3.63) is 46.6 Å². The van der Waals surface area contributed by atoms with Gasteiger partial charge in [-0.1, -0.05) is 23.4 Å². The van der Waals surface area contributed by atoms with Crippen molar-refractivity contribution in [3.63, 3.8) is 0 Å². The van der Waals surface area contributed by atoms with Crippen molar-refractivity contribution in [2.75, 3.05) is 26.2 Å². The molecular weight excluding hydrogens is 402 g/mol. The van der Waals surface area contributed by atoms with Gasteiger partial charge in [-0.05, 0) is 62.6 Å². The minimum atomic E-state index is 0.0379.